The molecule has 4 aliphatic carbocycles. The third-order valence-corrected chi connectivity index (χ3v) is 7.34. The fourth-order valence-corrected chi connectivity index (χ4v) is 6.14. The number of carbonyl (C=O) groups is 1. The monoisotopic (exact) mass is 290 g/mol. The van der Waals surface area contributed by atoms with E-state index < -0.39 is 6.10 Å². The van der Waals surface area contributed by atoms with Crippen LogP contribution in [0, 0.1) is 29.1 Å². The molecule has 0 radical (unpaired) electrons. The maximum atomic E-state index is 11.7. The normalized spacial score (nSPS) is 52.7. The molecule has 1 unspecified atom stereocenters. The van der Waals surface area contributed by atoms with Gasteiger partial charge in [-0.15, -0.1) is 0 Å². The van der Waals surface area contributed by atoms with Crippen molar-refractivity contribution in [1.29, 1.82) is 0 Å². The molecule has 0 bridgehead atoms. The van der Waals surface area contributed by atoms with Crippen molar-refractivity contribution in [2.45, 2.75) is 64.1 Å². The number of hydrogen-bond donors (Lipinski definition) is 2. The predicted octanol–water partition coefficient (Wildman–Crippen LogP) is 2.46. The molecule has 3 fully saturated rings. The van der Waals surface area contributed by atoms with Crippen molar-refractivity contribution < 1.29 is 15.0 Å². The first-order valence-electron chi connectivity index (χ1n) is 8.61. The quantitative estimate of drug-likeness (QED) is 0.720. The number of allylic oxidation sites excluding steroid dienone is 1. The molecule has 3 heteroatoms. The summed E-state index contributed by atoms with van der Waals surface area (Å²) in [5.74, 6) is 2.28. The fraction of sp³-hybridized carbons (Fsp3) is 0.833. The van der Waals surface area contributed by atoms with Crippen LogP contribution in [0.1, 0.15) is 51.9 Å². The highest BCUT2D eigenvalue weighted by atomic mass is 16.3. The first-order chi connectivity index (χ1) is 10.0. The first-order valence-corrected chi connectivity index (χ1v) is 8.61. The van der Waals surface area contributed by atoms with Crippen LogP contribution >= 0.6 is 0 Å². The molecule has 3 saturated carbocycles. The summed E-state index contributed by atoms with van der Waals surface area (Å²) < 4.78 is 0. The second-order valence-corrected chi connectivity index (χ2v) is 8.09. The van der Waals surface area contributed by atoms with Crippen LogP contribution in [-0.4, -0.2) is 28.2 Å². The van der Waals surface area contributed by atoms with Gasteiger partial charge in [-0.3, -0.25) is 4.79 Å². The van der Waals surface area contributed by atoms with E-state index in [9.17, 15) is 15.0 Å². The van der Waals surface area contributed by atoms with Gasteiger partial charge in [0.15, 0.2) is 5.78 Å². The van der Waals surface area contributed by atoms with E-state index in [-0.39, 0.29) is 17.3 Å². The Morgan fingerprint density at radius 3 is 2.76 bits per heavy atom. The molecule has 116 valence electrons. The Morgan fingerprint density at radius 1 is 1.14 bits per heavy atom. The van der Waals surface area contributed by atoms with Crippen LogP contribution in [0.2, 0.25) is 0 Å². The Morgan fingerprint density at radius 2 is 1.95 bits per heavy atom. The van der Waals surface area contributed by atoms with E-state index in [1.165, 1.54) is 12.0 Å². The van der Waals surface area contributed by atoms with E-state index in [0.29, 0.717) is 30.1 Å². The lowest BCUT2D eigenvalue weighted by Gasteiger charge is -2.53. The highest BCUT2D eigenvalue weighted by molar-refractivity contribution is 5.95. The number of carbonyl (C=O) groups excluding carboxylic acids is 1. The van der Waals surface area contributed by atoms with E-state index in [1.54, 1.807) is 6.08 Å². The smallest absolute Gasteiger partial charge is 0.184 e. The van der Waals surface area contributed by atoms with E-state index in [4.69, 9.17) is 0 Å². The summed E-state index contributed by atoms with van der Waals surface area (Å²) in [4.78, 5) is 11.7. The summed E-state index contributed by atoms with van der Waals surface area (Å²) >= 11 is 0. The number of ketones is 1. The van der Waals surface area contributed by atoms with E-state index in [2.05, 4.69) is 6.92 Å². The zero-order valence-electron chi connectivity index (χ0n) is 12.8. The first kappa shape index (κ1) is 14.0. The van der Waals surface area contributed by atoms with Crippen LogP contribution in [0.25, 0.3) is 0 Å². The number of rotatable bonds is 0. The predicted molar refractivity (Wildman–Crippen MR) is 79.5 cm³/mol. The minimum absolute atomic E-state index is 0.0864. The van der Waals surface area contributed by atoms with Gasteiger partial charge >= 0.3 is 0 Å². The van der Waals surface area contributed by atoms with Crippen molar-refractivity contribution in [2.24, 2.45) is 29.1 Å². The van der Waals surface area contributed by atoms with Crippen molar-refractivity contribution in [3.05, 3.63) is 11.6 Å². The summed E-state index contributed by atoms with van der Waals surface area (Å²) in [6, 6.07) is 0. The van der Waals surface area contributed by atoms with Gasteiger partial charge in [-0.2, -0.15) is 0 Å². The minimum Gasteiger partial charge on any atom is -0.393 e. The lowest BCUT2D eigenvalue weighted by Crippen LogP contribution is -2.48. The fourth-order valence-electron chi connectivity index (χ4n) is 6.14. The maximum Gasteiger partial charge on any atom is 0.184 e. The van der Waals surface area contributed by atoms with Gasteiger partial charge in [-0.25, -0.2) is 0 Å². The number of fused-ring (bicyclic) bond motifs is 5. The Hall–Kier alpha value is -0.670. The van der Waals surface area contributed by atoms with Gasteiger partial charge in [0.05, 0.1) is 6.10 Å². The number of aliphatic hydroxyl groups excluding tert-OH is 2. The molecule has 7 atom stereocenters. The second kappa shape index (κ2) is 4.66. The van der Waals surface area contributed by atoms with Crippen molar-refractivity contribution >= 4 is 5.78 Å². The lowest BCUT2D eigenvalue weighted by atomic mass is 9.52. The molecule has 0 heterocycles. The Bertz CT molecular complexity index is 497. The molecule has 0 aliphatic heterocycles. The van der Waals surface area contributed by atoms with Crippen LogP contribution in [0.5, 0.6) is 0 Å². The van der Waals surface area contributed by atoms with Crippen molar-refractivity contribution in [2.75, 3.05) is 0 Å². The van der Waals surface area contributed by atoms with Gasteiger partial charge in [0, 0.05) is 0 Å². The lowest BCUT2D eigenvalue weighted by molar-refractivity contribution is -0.125. The molecule has 0 spiro atoms. The van der Waals surface area contributed by atoms with Gasteiger partial charge in [-0.1, -0.05) is 12.5 Å². The van der Waals surface area contributed by atoms with Gasteiger partial charge in [0.25, 0.3) is 0 Å². The van der Waals surface area contributed by atoms with E-state index in [1.807, 2.05) is 0 Å². The van der Waals surface area contributed by atoms with Crippen LogP contribution in [0.15, 0.2) is 11.6 Å². The summed E-state index contributed by atoms with van der Waals surface area (Å²) in [7, 11) is 0. The molecule has 0 aromatic heterocycles. The van der Waals surface area contributed by atoms with Crippen LogP contribution in [0.3, 0.4) is 0 Å². The molecule has 0 amide bonds. The van der Waals surface area contributed by atoms with E-state index >= 15 is 0 Å². The van der Waals surface area contributed by atoms with E-state index in [0.717, 1.165) is 32.1 Å². The molecule has 0 saturated heterocycles. The SMILES string of the molecule is C[C@]12CC[C@H]3[C@@H](CCC4=CC(=O)C(O)C[C@@H]43)[C@@H]1CC[C@@H]2O. The van der Waals surface area contributed by atoms with Crippen LogP contribution < -0.4 is 0 Å². The second-order valence-electron chi connectivity index (χ2n) is 8.09. The number of aliphatic hydroxyl groups is 2. The van der Waals surface area contributed by atoms with Gasteiger partial charge < -0.3 is 10.2 Å². The Balaban J connectivity index is 1.63. The standard InChI is InChI=1S/C18H26O3/c1-18-7-6-11-12(14(18)4-5-17(18)21)3-2-10-8-15(19)16(20)9-13(10)11/h8,11-14,16-17,20-21H,2-7,9H2,1H3/t11-,12+,13-,14-,16?,17-,18-/m0/s1. The minimum atomic E-state index is -0.778. The van der Waals surface area contributed by atoms with Crippen molar-refractivity contribution in [1.82, 2.24) is 0 Å². The average molecular weight is 290 g/mol. The van der Waals surface area contributed by atoms with Crippen LogP contribution in [-0.2, 0) is 4.79 Å². The summed E-state index contributed by atoms with van der Waals surface area (Å²) in [6.45, 7) is 2.29. The summed E-state index contributed by atoms with van der Waals surface area (Å²) in [5.41, 5.74) is 1.42. The summed E-state index contributed by atoms with van der Waals surface area (Å²) in [5, 5.41) is 20.3. The Labute approximate surface area is 126 Å². The molecular weight excluding hydrogens is 264 g/mol. The van der Waals surface area contributed by atoms with Gasteiger partial charge in [-0.05, 0) is 80.1 Å². The molecule has 4 aliphatic rings. The largest absolute Gasteiger partial charge is 0.393 e. The third kappa shape index (κ3) is 1.90. The third-order valence-electron chi connectivity index (χ3n) is 7.34. The highest BCUT2D eigenvalue weighted by Gasteiger charge is 2.56. The molecular formula is C18H26O3. The molecule has 3 nitrogen and oxygen atoms in total. The molecule has 2 N–H and O–H groups in total. The zero-order valence-corrected chi connectivity index (χ0v) is 12.8. The molecule has 21 heavy (non-hydrogen) atoms. The zero-order chi connectivity index (χ0) is 14.8. The van der Waals surface area contributed by atoms with Gasteiger partial charge in [0.2, 0.25) is 0 Å². The maximum absolute atomic E-state index is 11.7. The molecule has 4 rings (SSSR count). The topological polar surface area (TPSA) is 57.5 Å². The van der Waals surface area contributed by atoms with Crippen LogP contribution in [0.4, 0.5) is 0 Å². The van der Waals surface area contributed by atoms with Gasteiger partial charge in [0.1, 0.15) is 6.10 Å². The van der Waals surface area contributed by atoms with Crippen molar-refractivity contribution in [3.8, 4) is 0 Å². The highest BCUT2D eigenvalue weighted by Crippen LogP contribution is 2.61. The Kier molecular flexibility index (Phi) is 3.10. The summed E-state index contributed by atoms with van der Waals surface area (Å²) in [6.07, 6.45) is 8.04. The molecule has 0 aromatic rings. The average Bonchev–Trinajstić information content (AvgIpc) is 2.76. The molecule has 0 aromatic carbocycles. The number of hydrogen-bond acceptors (Lipinski definition) is 3. The van der Waals surface area contributed by atoms with Crippen molar-refractivity contribution in [3.63, 3.8) is 0 Å².